The van der Waals surface area contributed by atoms with E-state index in [2.05, 4.69) is 22.2 Å². The first kappa shape index (κ1) is 29.0. The van der Waals surface area contributed by atoms with Gasteiger partial charge in [-0.05, 0) is 41.8 Å². The number of quaternary nitrogens is 1. The number of hydrogen-bond donors (Lipinski definition) is 1. The number of amides is 1. The summed E-state index contributed by atoms with van der Waals surface area (Å²) in [5, 5.41) is 5.15. The van der Waals surface area contributed by atoms with Gasteiger partial charge in [-0.3, -0.25) is 0 Å². The van der Waals surface area contributed by atoms with Gasteiger partial charge in [0, 0.05) is 35.7 Å². The molecule has 242 valence electrons. The van der Waals surface area contributed by atoms with E-state index >= 15 is 0 Å². The van der Waals surface area contributed by atoms with Gasteiger partial charge in [-0.1, -0.05) is 30.3 Å². The Balaban J connectivity index is 1.15. The molecule has 3 aromatic carbocycles. The Morgan fingerprint density at radius 1 is 1.04 bits per heavy atom. The summed E-state index contributed by atoms with van der Waals surface area (Å²) in [7, 11) is 0. The van der Waals surface area contributed by atoms with Crippen LogP contribution in [0, 0.1) is 11.6 Å². The highest BCUT2D eigenvalue weighted by molar-refractivity contribution is 6.10. The molecule has 0 spiro atoms. The number of rotatable bonds is 3. The molecule has 48 heavy (non-hydrogen) atoms. The summed E-state index contributed by atoms with van der Waals surface area (Å²) >= 11 is 0. The Morgan fingerprint density at radius 3 is 2.79 bits per heavy atom. The summed E-state index contributed by atoms with van der Waals surface area (Å²) in [6.45, 7) is 1.91. The predicted molar refractivity (Wildman–Crippen MR) is 176 cm³/mol. The lowest BCUT2D eigenvalue weighted by Crippen LogP contribution is -2.70. The van der Waals surface area contributed by atoms with Crippen LogP contribution in [0.3, 0.4) is 0 Å². The monoisotopic (exact) mass is 647 g/mol. The quantitative estimate of drug-likeness (QED) is 0.214. The Labute approximate surface area is 275 Å². The zero-order valence-electron chi connectivity index (χ0n) is 26.1. The molecular weight excluding hydrogens is 614 g/mol. The van der Waals surface area contributed by atoms with Crippen LogP contribution >= 0.6 is 0 Å². The second-order valence-electron chi connectivity index (χ2n) is 13.2. The molecule has 1 amide bonds. The number of fused-ring (bicyclic) bond motifs is 8. The molecule has 0 saturated carbocycles. The van der Waals surface area contributed by atoms with Gasteiger partial charge in [-0.2, -0.15) is 5.10 Å². The van der Waals surface area contributed by atoms with E-state index in [1.807, 2.05) is 35.2 Å². The molecule has 4 atom stereocenters. The normalized spacial score (nSPS) is 24.6. The number of nitrogens with two attached hydrogens (primary N) is 1. The molecule has 2 unspecified atom stereocenters. The van der Waals surface area contributed by atoms with E-state index in [0.29, 0.717) is 52.3 Å². The smallest absolute Gasteiger partial charge is 0.338 e. The first-order chi connectivity index (χ1) is 23.4. The van der Waals surface area contributed by atoms with E-state index in [9.17, 15) is 13.6 Å². The van der Waals surface area contributed by atoms with Crippen LogP contribution in [-0.4, -0.2) is 73.8 Å². The van der Waals surface area contributed by atoms with Crippen LogP contribution in [0.4, 0.5) is 20.3 Å². The Morgan fingerprint density at radius 2 is 1.94 bits per heavy atom. The maximum Gasteiger partial charge on any atom is 0.338 e. The van der Waals surface area contributed by atoms with Crippen molar-refractivity contribution in [3.63, 3.8) is 0 Å². The largest absolute Gasteiger partial charge is 0.488 e. The fourth-order valence-corrected chi connectivity index (χ4v) is 8.07. The minimum atomic E-state index is -0.654. The molecule has 2 aromatic heterocycles. The summed E-state index contributed by atoms with van der Waals surface area (Å²) in [4.78, 5) is 31.4. The minimum absolute atomic E-state index is 0.0609. The van der Waals surface area contributed by atoms with Gasteiger partial charge in [0.15, 0.2) is 11.8 Å². The van der Waals surface area contributed by atoms with Crippen molar-refractivity contribution >= 4 is 34.2 Å². The van der Waals surface area contributed by atoms with E-state index < -0.39 is 17.7 Å². The number of nitrogens with zero attached hydrogens (tertiary/aromatic N) is 7. The molecule has 2 saturated heterocycles. The van der Waals surface area contributed by atoms with Gasteiger partial charge in [0.2, 0.25) is 0 Å². The first-order valence-corrected chi connectivity index (χ1v) is 16.4. The molecule has 6 bridgehead atoms. The number of benzene rings is 3. The number of hydrogen-bond acceptors (Lipinski definition) is 8. The van der Waals surface area contributed by atoms with E-state index in [0.717, 1.165) is 54.3 Å². The topological polar surface area (TPSA) is 112 Å². The second-order valence-corrected chi connectivity index (χ2v) is 13.2. The Kier molecular flexibility index (Phi) is 6.58. The average Bonchev–Trinajstić information content (AvgIpc) is 3.65. The molecular formula is C36H33F2N8O2+. The number of aromatic nitrogens is 4. The fraction of sp³-hybridized carbons (Fsp3) is 0.306. The van der Waals surface area contributed by atoms with Crippen molar-refractivity contribution in [1.29, 1.82) is 0 Å². The van der Waals surface area contributed by atoms with E-state index in [-0.39, 0.29) is 30.3 Å². The minimum Gasteiger partial charge on any atom is -0.488 e. The van der Waals surface area contributed by atoms with Gasteiger partial charge in [-0.25, -0.2) is 37.7 Å². The van der Waals surface area contributed by atoms with Crippen molar-refractivity contribution in [2.24, 2.45) is 4.99 Å². The highest BCUT2D eigenvalue weighted by Gasteiger charge is 2.58. The number of anilines is 2. The molecule has 6 heterocycles. The Hall–Kier alpha value is -5.23. The third-order valence-corrected chi connectivity index (χ3v) is 10.5. The number of halogens is 2. The van der Waals surface area contributed by atoms with E-state index in [1.54, 1.807) is 10.9 Å². The molecule has 9 rings (SSSR count). The summed E-state index contributed by atoms with van der Waals surface area (Å²) in [6.07, 6.45) is 5.47. The molecule has 0 aliphatic carbocycles. The number of carbonyl (C=O) groups is 1. The summed E-state index contributed by atoms with van der Waals surface area (Å²) < 4.78 is 36.6. The highest BCUT2D eigenvalue weighted by Crippen LogP contribution is 2.42. The average molecular weight is 648 g/mol. The van der Waals surface area contributed by atoms with Crippen molar-refractivity contribution < 1.29 is 22.8 Å². The molecule has 2 N–H and O–H groups in total. The zero-order chi connectivity index (χ0) is 32.6. The van der Waals surface area contributed by atoms with Crippen molar-refractivity contribution in [2.75, 3.05) is 30.3 Å². The third kappa shape index (κ3) is 4.50. The van der Waals surface area contributed by atoms with Gasteiger partial charge in [0.05, 0.1) is 49.9 Å². The Bertz CT molecular complexity index is 2150. The SMILES string of the molecule is Nc1cccc2c1C1=NC3CC[N+]3(CCC1)C(=O)[C@@H]1C[C@@H](CN1c1ncnc3c1cnn3Cc1ccc(F)cc1F)Oc1cccc-2c1. The van der Waals surface area contributed by atoms with Crippen molar-refractivity contribution in [2.45, 2.75) is 50.5 Å². The molecule has 10 nitrogen and oxygen atoms in total. The number of aliphatic imine (C=N–C) groups is 1. The van der Waals surface area contributed by atoms with Gasteiger partial charge < -0.3 is 15.4 Å². The van der Waals surface area contributed by atoms with Gasteiger partial charge in [-0.15, -0.1) is 0 Å². The van der Waals surface area contributed by atoms with Crippen LogP contribution < -0.4 is 15.4 Å². The van der Waals surface area contributed by atoms with Gasteiger partial charge in [0.25, 0.3) is 0 Å². The van der Waals surface area contributed by atoms with Crippen LogP contribution in [0.5, 0.6) is 5.75 Å². The fourth-order valence-electron chi connectivity index (χ4n) is 8.07. The molecule has 5 aromatic rings. The lowest BCUT2D eigenvalue weighted by Gasteiger charge is -2.49. The standard InChI is InChI=1S/C36H33F2N8O2/c37-23-10-9-22(28(38)15-23)18-45-35-27(17-42-45)34(40-20-41-35)44-19-25-16-31(44)36(47)46-12-3-8-30(43-32(46)11-13-46)33-26(6-2-7-29(33)39)21-4-1-5-24(14-21)48-25/h1-2,4-7,9-10,14-15,17,20,25,31-32H,3,8,11-13,16,18-19,39H2/q+1/t25-,31-,32?,46?/m0/s1. The van der Waals surface area contributed by atoms with E-state index in [4.69, 9.17) is 20.4 Å². The molecule has 4 aliphatic rings. The van der Waals surface area contributed by atoms with Gasteiger partial charge >= 0.3 is 5.91 Å². The van der Waals surface area contributed by atoms with Gasteiger partial charge in [0.1, 0.15) is 41.7 Å². The molecule has 0 radical (unpaired) electrons. The van der Waals surface area contributed by atoms with Crippen molar-refractivity contribution in [1.82, 2.24) is 19.7 Å². The van der Waals surface area contributed by atoms with Crippen LogP contribution in [0.1, 0.15) is 36.8 Å². The third-order valence-electron chi connectivity index (χ3n) is 10.5. The van der Waals surface area contributed by atoms with E-state index in [1.165, 1.54) is 18.5 Å². The highest BCUT2D eigenvalue weighted by atomic mass is 19.1. The van der Waals surface area contributed by atoms with Crippen LogP contribution in [0.2, 0.25) is 0 Å². The molecule has 4 aliphatic heterocycles. The molecule has 12 heteroatoms. The lowest BCUT2D eigenvalue weighted by atomic mass is 9.93. The predicted octanol–water partition coefficient (Wildman–Crippen LogP) is 5.10. The summed E-state index contributed by atoms with van der Waals surface area (Å²) in [5.41, 5.74) is 12.0. The second kappa shape index (κ2) is 10.9. The zero-order valence-corrected chi connectivity index (χ0v) is 26.1. The van der Waals surface area contributed by atoms with Crippen LogP contribution in [-0.2, 0) is 11.3 Å². The van der Waals surface area contributed by atoms with Crippen LogP contribution in [0.25, 0.3) is 22.2 Å². The maximum absolute atomic E-state index is 14.9. The lowest BCUT2D eigenvalue weighted by molar-refractivity contribution is -0.919. The number of nitrogen functional groups attached to an aromatic ring is 1. The summed E-state index contributed by atoms with van der Waals surface area (Å²) in [6, 6.07) is 17.0. The number of carbonyl (C=O) groups excluding carboxylic acids is 1. The summed E-state index contributed by atoms with van der Waals surface area (Å²) in [5.74, 6) is 0.0944. The van der Waals surface area contributed by atoms with Crippen molar-refractivity contribution in [3.8, 4) is 16.9 Å². The molecule has 2 fully saturated rings. The number of ether oxygens (including phenoxy) is 1. The maximum atomic E-state index is 14.9. The van der Waals surface area contributed by atoms with Crippen LogP contribution in [0.15, 0.2) is 78.2 Å². The first-order valence-electron chi connectivity index (χ1n) is 16.4. The van der Waals surface area contributed by atoms with Crippen molar-refractivity contribution in [3.05, 3.63) is 95.9 Å².